The Morgan fingerprint density at radius 3 is 2.27 bits per heavy atom. The Morgan fingerprint density at radius 1 is 1.15 bits per heavy atom. The Labute approximate surface area is 260 Å². The van der Waals surface area contributed by atoms with Gasteiger partial charge in [0.2, 0.25) is 5.91 Å². The number of carbonyl (C=O) groups excluding carboxylic acids is 2. The molecule has 1 aromatic carbocycles. The van der Waals surface area contributed by atoms with Crippen LogP contribution in [-0.4, -0.2) is 46.3 Å². The van der Waals surface area contributed by atoms with Crippen LogP contribution in [-0.2, 0) is 20.7 Å². The van der Waals surface area contributed by atoms with Crippen molar-refractivity contribution in [1.29, 1.82) is 0 Å². The lowest BCUT2D eigenvalue weighted by Gasteiger charge is -2.23. The molecule has 0 radical (unpaired) electrons. The molecule has 4 nitrogen and oxygen atoms in total. The number of benzene rings is 1. The number of likely N-dealkylation sites (N-methyl/N-ethyl adjacent to an activating group) is 1. The monoisotopic (exact) mass is 681 g/mol. The van der Waals surface area contributed by atoms with E-state index in [1.807, 2.05) is 13.8 Å². The normalized spacial score (nSPS) is 15.6. The first-order valence-corrected chi connectivity index (χ1v) is 15.0. The van der Waals surface area contributed by atoms with E-state index in [1.165, 1.54) is 31.9 Å². The van der Waals surface area contributed by atoms with E-state index in [0.717, 1.165) is 38.3 Å². The average molecular weight is 683 g/mol. The molecule has 0 aliphatic heterocycles. The minimum absolute atomic E-state index is 0.0114. The zero-order valence-electron chi connectivity index (χ0n) is 24.6. The fraction of sp³-hybridized carbons (Fsp3) is 0.533. The van der Waals surface area contributed by atoms with Crippen LogP contribution in [0.2, 0.25) is 0 Å². The maximum Gasteiger partial charge on any atom is 0.431 e. The third-order valence-corrected chi connectivity index (χ3v) is 7.06. The molecule has 1 aliphatic carbocycles. The number of rotatable bonds is 7. The lowest BCUT2D eigenvalue weighted by molar-refractivity contribution is -0.145. The molecule has 0 saturated heterocycles. The topological polar surface area (TPSA) is 46.6 Å². The highest BCUT2D eigenvalue weighted by Gasteiger charge is 2.38. The SMILES string of the molecule is C=C1CCCCCCC1C(=O)OCC(C)=S.CC.CC(=S)/C=C(\N(C)C(=O)Cc1cc(C)c(Br)cc1F)C(F)(F)F. The molecular formula is C30H40BrF4NO3S2. The molecule has 1 atom stereocenters. The van der Waals surface area contributed by atoms with Crippen LogP contribution in [0.1, 0.15) is 77.3 Å². The van der Waals surface area contributed by atoms with Crippen LogP contribution in [0, 0.1) is 18.7 Å². The Balaban J connectivity index is 0.000000777. The van der Waals surface area contributed by atoms with Crippen molar-refractivity contribution >= 4 is 62.0 Å². The molecule has 1 amide bonds. The van der Waals surface area contributed by atoms with Crippen LogP contribution in [0.25, 0.3) is 0 Å². The van der Waals surface area contributed by atoms with Gasteiger partial charge in [-0.25, -0.2) is 4.39 Å². The highest BCUT2D eigenvalue weighted by molar-refractivity contribution is 9.10. The number of esters is 1. The van der Waals surface area contributed by atoms with E-state index < -0.39 is 30.0 Å². The van der Waals surface area contributed by atoms with Crippen LogP contribution >= 0.6 is 40.4 Å². The maximum absolute atomic E-state index is 13.8. The summed E-state index contributed by atoms with van der Waals surface area (Å²) in [6.45, 7) is 13.1. The van der Waals surface area contributed by atoms with Crippen molar-refractivity contribution in [2.24, 2.45) is 5.92 Å². The zero-order valence-corrected chi connectivity index (χ0v) is 27.8. The first-order chi connectivity index (χ1) is 19.0. The summed E-state index contributed by atoms with van der Waals surface area (Å²) in [5.41, 5.74) is 0.567. The molecule has 0 N–H and O–H groups in total. The first kappa shape index (κ1) is 39.0. The molecule has 1 aliphatic rings. The van der Waals surface area contributed by atoms with Crippen molar-refractivity contribution in [3.63, 3.8) is 0 Å². The van der Waals surface area contributed by atoms with Gasteiger partial charge in [0.1, 0.15) is 18.1 Å². The number of amides is 1. The molecule has 0 aromatic heterocycles. The molecule has 11 heteroatoms. The highest BCUT2D eigenvalue weighted by Crippen LogP contribution is 2.29. The number of ether oxygens (including phenoxy) is 1. The number of thiocarbonyl (C=S) groups is 2. The van der Waals surface area contributed by atoms with Crippen LogP contribution in [0.5, 0.6) is 0 Å². The number of halogens is 5. The minimum atomic E-state index is -4.74. The number of hydrogen-bond acceptors (Lipinski definition) is 5. The summed E-state index contributed by atoms with van der Waals surface area (Å²) in [6.07, 6.45) is 2.02. The van der Waals surface area contributed by atoms with Gasteiger partial charge in [0.25, 0.3) is 0 Å². The van der Waals surface area contributed by atoms with Gasteiger partial charge in [0.15, 0.2) is 0 Å². The molecule has 1 aromatic rings. The van der Waals surface area contributed by atoms with E-state index in [2.05, 4.69) is 34.7 Å². The van der Waals surface area contributed by atoms with E-state index in [1.54, 1.807) is 13.8 Å². The van der Waals surface area contributed by atoms with Crippen LogP contribution in [0.15, 0.2) is 40.5 Å². The fourth-order valence-corrected chi connectivity index (χ4v) is 4.31. The van der Waals surface area contributed by atoms with Gasteiger partial charge in [0.05, 0.1) is 12.3 Å². The Hall–Kier alpha value is -1.98. The smallest absolute Gasteiger partial charge is 0.431 e. The van der Waals surface area contributed by atoms with Crippen LogP contribution in [0.3, 0.4) is 0 Å². The van der Waals surface area contributed by atoms with Crippen molar-refractivity contribution in [3.8, 4) is 0 Å². The number of aryl methyl sites for hydroxylation is 1. The molecule has 1 saturated carbocycles. The van der Waals surface area contributed by atoms with Gasteiger partial charge in [-0.3, -0.25) is 9.59 Å². The predicted molar refractivity (Wildman–Crippen MR) is 169 cm³/mol. The Kier molecular flexibility index (Phi) is 18.3. The number of carbonyl (C=O) groups is 2. The van der Waals surface area contributed by atoms with Crippen molar-refractivity contribution in [1.82, 2.24) is 4.90 Å². The van der Waals surface area contributed by atoms with Gasteiger partial charge < -0.3 is 9.64 Å². The molecule has 0 bridgehead atoms. The second-order valence-corrected chi connectivity index (χ2v) is 11.6. The van der Waals surface area contributed by atoms with Crippen molar-refractivity contribution < 1.29 is 31.9 Å². The molecular weight excluding hydrogens is 642 g/mol. The van der Waals surface area contributed by atoms with Gasteiger partial charge in [-0.05, 0) is 63.3 Å². The predicted octanol–water partition coefficient (Wildman–Crippen LogP) is 9.21. The van der Waals surface area contributed by atoms with Gasteiger partial charge in [0, 0.05) is 21.2 Å². The summed E-state index contributed by atoms with van der Waals surface area (Å²) < 4.78 is 58.6. The summed E-state index contributed by atoms with van der Waals surface area (Å²) >= 11 is 12.7. The number of alkyl halides is 3. The lowest BCUT2D eigenvalue weighted by Crippen LogP contribution is -2.35. The fourth-order valence-electron chi connectivity index (χ4n) is 3.82. The molecule has 1 fully saturated rings. The third kappa shape index (κ3) is 14.7. The van der Waals surface area contributed by atoms with E-state index in [4.69, 9.17) is 17.0 Å². The zero-order chi connectivity index (χ0) is 31.9. The quantitative estimate of drug-likeness (QED) is 0.0944. The molecule has 230 valence electrons. The summed E-state index contributed by atoms with van der Waals surface area (Å²) in [5, 5.41) is 0. The van der Waals surface area contributed by atoms with E-state index in [9.17, 15) is 27.2 Å². The maximum atomic E-state index is 13.8. The number of hydrogen-bond donors (Lipinski definition) is 0. The van der Waals surface area contributed by atoms with E-state index >= 15 is 0 Å². The Morgan fingerprint density at radius 2 is 1.73 bits per heavy atom. The molecule has 41 heavy (non-hydrogen) atoms. The second kappa shape index (κ2) is 19.3. The van der Waals surface area contributed by atoms with Gasteiger partial charge >= 0.3 is 12.1 Å². The molecule has 0 heterocycles. The number of allylic oxidation sites excluding steroid dienone is 2. The van der Waals surface area contributed by atoms with Gasteiger partial charge in [-0.2, -0.15) is 13.2 Å². The summed E-state index contributed by atoms with van der Waals surface area (Å²) in [6, 6.07) is 2.60. The first-order valence-electron chi connectivity index (χ1n) is 13.4. The van der Waals surface area contributed by atoms with Crippen molar-refractivity contribution in [2.45, 2.75) is 85.7 Å². The van der Waals surface area contributed by atoms with Gasteiger partial charge in [-0.15, -0.1) is 0 Å². The third-order valence-electron chi connectivity index (χ3n) is 5.97. The second-order valence-electron chi connectivity index (χ2n) is 9.43. The van der Waals surface area contributed by atoms with Crippen LogP contribution < -0.4 is 0 Å². The van der Waals surface area contributed by atoms with Crippen LogP contribution in [0.4, 0.5) is 17.6 Å². The van der Waals surface area contributed by atoms with Crippen molar-refractivity contribution in [3.05, 3.63) is 57.5 Å². The average Bonchev–Trinajstić information content (AvgIpc) is 2.87. The van der Waals surface area contributed by atoms with Gasteiger partial charge in [-0.1, -0.05) is 91.7 Å². The molecule has 1 unspecified atom stereocenters. The van der Waals surface area contributed by atoms with E-state index in [-0.39, 0.29) is 28.9 Å². The molecule has 2 rings (SSSR count). The molecule has 0 spiro atoms. The largest absolute Gasteiger partial charge is 0.460 e. The summed E-state index contributed by atoms with van der Waals surface area (Å²) in [4.78, 5) is 25.1. The summed E-state index contributed by atoms with van der Waals surface area (Å²) in [7, 11) is 0.990. The highest BCUT2D eigenvalue weighted by atomic mass is 79.9. The minimum Gasteiger partial charge on any atom is -0.460 e. The van der Waals surface area contributed by atoms with Crippen molar-refractivity contribution in [2.75, 3.05) is 13.7 Å². The summed E-state index contributed by atoms with van der Waals surface area (Å²) in [5.74, 6) is -1.79. The Bertz CT molecular complexity index is 1120. The lowest BCUT2D eigenvalue weighted by atomic mass is 9.87. The number of nitrogens with zero attached hydrogens (tertiary/aromatic N) is 1. The standard InChI is InChI=1S/C15H14BrF4NOS.C13H20O2S.C2H6/c1-8-4-10(12(17)7-11(8)16)6-14(22)21(3)13(5-9(2)23)15(18,19)20;1-10-7-5-3-4-6-8-12(10)13(14)15-9-11(2)16;1-2/h4-5,7H,6H2,1-3H3;12H,1,3-9H2,2H3;1-2H3/b13-5-;;. The van der Waals surface area contributed by atoms with E-state index in [0.29, 0.717) is 25.9 Å².